The zero-order valence-electron chi connectivity index (χ0n) is 21.0. The minimum Gasteiger partial charge on any atom is -0.459 e. The maximum absolute atomic E-state index is 14.0. The van der Waals surface area contributed by atoms with E-state index in [1.54, 1.807) is 30.3 Å². The molecule has 1 saturated heterocycles. The summed E-state index contributed by atoms with van der Waals surface area (Å²) in [5, 5.41) is 2.80. The van der Waals surface area contributed by atoms with Gasteiger partial charge in [0.05, 0.1) is 18.7 Å². The molecule has 2 aromatic heterocycles. The van der Waals surface area contributed by atoms with Crippen LogP contribution < -0.4 is 11.1 Å². The summed E-state index contributed by atoms with van der Waals surface area (Å²) < 4.78 is 60.9. The monoisotopic (exact) mass is 552 g/mol. The van der Waals surface area contributed by atoms with E-state index in [1.165, 1.54) is 41.4 Å². The van der Waals surface area contributed by atoms with E-state index in [2.05, 4.69) is 10.3 Å². The summed E-state index contributed by atoms with van der Waals surface area (Å²) in [5.74, 6) is -0.305. The lowest BCUT2D eigenvalue weighted by Gasteiger charge is -2.15. The van der Waals surface area contributed by atoms with E-state index < -0.39 is 23.8 Å². The summed E-state index contributed by atoms with van der Waals surface area (Å²) in [6.07, 6.45) is -1.17. The number of halogens is 4. The Hall–Kier alpha value is -4.67. The molecule has 1 fully saturated rings. The number of nitrogens with two attached hydrogens (primary N) is 1. The van der Waals surface area contributed by atoms with Crippen molar-refractivity contribution in [3.05, 3.63) is 89.3 Å². The zero-order chi connectivity index (χ0) is 28.4. The number of nitrogen functional groups attached to an aromatic ring is 1. The van der Waals surface area contributed by atoms with Gasteiger partial charge in [0.1, 0.15) is 23.3 Å². The van der Waals surface area contributed by atoms with Crippen molar-refractivity contribution in [2.24, 2.45) is 0 Å². The van der Waals surface area contributed by atoms with Gasteiger partial charge < -0.3 is 20.4 Å². The smallest absolute Gasteiger partial charge is 0.420 e. The fourth-order valence-corrected chi connectivity index (χ4v) is 4.48. The Morgan fingerprint density at radius 3 is 2.52 bits per heavy atom. The lowest BCUT2D eigenvalue weighted by molar-refractivity contribution is -0.136. The van der Waals surface area contributed by atoms with Crippen molar-refractivity contribution in [1.29, 1.82) is 0 Å². The van der Waals surface area contributed by atoms with Crippen LogP contribution in [0.2, 0.25) is 0 Å². The third-order valence-corrected chi connectivity index (χ3v) is 6.53. The van der Waals surface area contributed by atoms with Crippen LogP contribution in [0.1, 0.15) is 33.7 Å². The number of carbonyl (C=O) groups excluding carboxylic acids is 2. The standard InChI is InChI=1S/C29H24F4N4O3/c30-22-9-10-37(16-22)28(39)19-5-3-18(4-6-19)20-11-21-12-23(40-27(21)24(13-20)29(31,32)33)15-36-26(38)8-2-17-1-7-25(34)35-14-17/h1-8,11-14,22H,9-10,15-16H2,(H2,34,35)(H,36,38)/t22-/m0/s1. The van der Waals surface area contributed by atoms with Crippen LogP contribution in [0.5, 0.6) is 0 Å². The predicted molar refractivity (Wildman–Crippen MR) is 142 cm³/mol. The van der Waals surface area contributed by atoms with Gasteiger partial charge in [-0.25, -0.2) is 9.37 Å². The third kappa shape index (κ3) is 5.98. The molecule has 5 rings (SSSR count). The Balaban J connectivity index is 1.35. The minimum atomic E-state index is -4.70. The van der Waals surface area contributed by atoms with Crippen molar-refractivity contribution in [1.82, 2.24) is 15.2 Å². The number of likely N-dealkylation sites (tertiary alicyclic amines) is 1. The maximum Gasteiger partial charge on any atom is 0.420 e. The van der Waals surface area contributed by atoms with Gasteiger partial charge in [-0.2, -0.15) is 13.2 Å². The molecule has 3 heterocycles. The molecule has 0 saturated carbocycles. The molecule has 0 unspecified atom stereocenters. The fourth-order valence-electron chi connectivity index (χ4n) is 4.48. The molecule has 40 heavy (non-hydrogen) atoms. The second-order valence-corrected chi connectivity index (χ2v) is 9.43. The quantitative estimate of drug-likeness (QED) is 0.239. The molecule has 0 bridgehead atoms. The fraction of sp³-hybridized carbons (Fsp3) is 0.207. The van der Waals surface area contributed by atoms with Gasteiger partial charge >= 0.3 is 6.18 Å². The number of aromatic nitrogens is 1. The summed E-state index contributed by atoms with van der Waals surface area (Å²) in [6, 6.07) is 13.4. The Kier molecular flexibility index (Phi) is 7.29. The van der Waals surface area contributed by atoms with Gasteiger partial charge in [-0.15, -0.1) is 0 Å². The van der Waals surface area contributed by atoms with Crippen molar-refractivity contribution in [3.63, 3.8) is 0 Å². The average molecular weight is 553 g/mol. The van der Waals surface area contributed by atoms with Crippen LogP contribution in [-0.2, 0) is 17.5 Å². The lowest BCUT2D eigenvalue weighted by atomic mass is 9.99. The molecule has 3 N–H and O–H groups in total. The van der Waals surface area contributed by atoms with Crippen molar-refractivity contribution in [3.8, 4) is 11.1 Å². The topological polar surface area (TPSA) is 101 Å². The molecular weight excluding hydrogens is 528 g/mol. The molecule has 1 aliphatic rings. The van der Waals surface area contributed by atoms with Gasteiger partial charge in [-0.1, -0.05) is 12.1 Å². The second kappa shape index (κ2) is 10.8. The number of hydrogen-bond donors (Lipinski definition) is 2. The van der Waals surface area contributed by atoms with Gasteiger partial charge in [0.25, 0.3) is 5.91 Å². The van der Waals surface area contributed by atoms with Gasteiger partial charge in [0.2, 0.25) is 5.91 Å². The number of benzene rings is 2. The molecule has 206 valence electrons. The average Bonchev–Trinajstić information content (AvgIpc) is 3.56. The molecule has 0 aliphatic carbocycles. The van der Waals surface area contributed by atoms with Crippen LogP contribution >= 0.6 is 0 Å². The van der Waals surface area contributed by atoms with E-state index in [4.69, 9.17) is 10.2 Å². The SMILES string of the molecule is Nc1ccc(C=CC(=O)NCc2cc3cc(-c4ccc(C(=O)N5CC[C@H](F)C5)cc4)cc(C(F)(F)F)c3o2)cn1. The molecule has 4 aromatic rings. The van der Waals surface area contributed by atoms with Gasteiger partial charge in [-0.05, 0) is 71.7 Å². The van der Waals surface area contributed by atoms with Crippen LogP contribution in [0.25, 0.3) is 28.2 Å². The van der Waals surface area contributed by atoms with Crippen LogP contribution in [-0.4, -0.2) is 41.0 Å². The van der Waals surface area contributed by atoms with Crippen LogP contribution in [0.15, 0.2) is 71.3 Å². The first kappa shape index (κ1) is 26.9. The van der Waals surface area contributed by atoms with E-state index in [-0.39, 0.29) is 41.3 Å². The van der Waals surface area contributed by atoms with Crippen LogP contribution in [0.4, 0.5) is 23.4 Å². The molecule has 2 amide bonds. The number of alkyl halides is 4. The highest BCUT2D eigenvalue weighted by Gasteiger charge is 2.35. The Labute approximate surface area is 226 Å². The Bertz CT molecular complexity index is 1580. The Morgan fingerprint density at radius 1 is 1.10 bits per heavy atom. The first-order valence-corrected chi connectivity index (χ1v) is 12.4. The number of pyridine rings is 1. The highest BCUT2D eigenvalue weighted by atomic mass is 19.4. The Morgan fingerprint density at radius 2 is 1.88 bits per heavy atom. The third-order valence-electron chi connectivity index (χ3n) is 6.53. The maximum atomic E-state index is 14.0. The highest BCUT2D eigenvalue weighted by molar-refractivity contribution is 5.95. The number of hydrogen-bond acceptors (Lipinski definition) is 5. The van der Waals surface area contributed by atoms with E-state index >= 15 is 0 Å². The summed E-state index contributed by atoms with van der Waals surface area (Å²) >= 11 is 0. The van der Waals surface area contributed by atoms with E-state index in [9.17, 15) is 27.2 Å². The minimum absolute atomic E-state index is 0.0336. The number of nitrogens with one attached hydrogen (secondary N) is 1. The van der Waals surface area contributed by atoms with Gasteiger partial charge in [0, 0.05) is 29.8 Å². The zero-order valence-corrected chi connectivity index (χ0v) is 21.0. The second-order valence-electron chi connectivity index (χ2n) is 9.43. The van der Waals surface area contributed by atoms with Crippen molar-refractivity contribution in [2.75, 3.05) is 18.8 Å². The molecule has 1 aliphatic heterocycles. The molecule has 0 radical (unpaired) electrons. The number of furan rings is 1. The van der Waals surface area contributed by atoms with Crippen molar-refractivity contribution < 1.29 is 31.6 Å². The number of rotatable bonds is 6. The molecule has 7 nitrogen and oxygen atoms in total. The van der Waals surface area contributed by atoms with Crippen molar-refractivity contribution >= 4 is 34.7 Å². The van der Waals surface area contributed by atoms with Gasteiger partial charge in [0.15, 0.2) is 0 Å². The number of fused-ring (bicyclic) bond motifs is 1. The molecule has 11 heteroatoms. The first-order valence-electron chi connectivity index (χ1n) is 12.4. The number of nitrogens with zero attached hydrogens (tertiary/aromatic N) is 2. The molecular formula is C29H24F4N4O3. The molecule has 1 atom stereocenters. The first-order chi connectivity index (χ1) is 19.1. The number of carbonyl (C=O) groups is 2. The van der Waals surface area contributed by atoms with Gasteiger partial charge in [-0.3, -0.25) is 9.59 Å². The predicted octanol–water partition coefficient (Wildman–Crippen LogP) is 5.61. The lowest BCUT2D eigenvalue weighted by Crippen LogP contribution is -2.28. The normalized spacial score (nSPS) is 15.7. The van der Waals surface area contributed by atoms with Crippen LogP contribution in [0, 0.1) is 0 Å². The molecule has 0 spiro atoms. The largest absolute Gasteiger partial charge is 0.459 e. The summed E-state index contributed by atoms with van der Waals surface area (Å²) in [4.78, 5) is 30.1. The van der Waals surface area contributed by atoms with E-state index in [0.29, 0.717) is 35.5 Å². The van der Waals surface area contributed by atoms with E-state index in [0.717, 1.165) is 6.07 Å². The highest BCUT2D eigenvalue weighted by Crippen LogP contribution is 2.39. The van der Waals surface area contributed by atoms with Crippen molar-refractivity contribution in [2.45, 2.75) is 25.3 Å². The van der Waals surface area contributed by atoms with Crippen LogP contribution in [0.3, 0.4) is 0 Å². The number of anilines is 1. The van der Waals surface area contributed by atoms with E-state index in [1.807, 2.05) is 0 Å². The summed E-state index contributed by atoms with van der Waals surface area (Å²) in [6.45, 7) is 0.232. The summed E-state index contributed by atoms with van der Waals surface area (Å²) in [5.41, 5.74) is 5.95. The summed E-state index contributed by atoms with van der Waals surface area (Å²) in [7, 11) is 0. The molecule has 2 aromatic carbocycles. The number of amides is 2.